The topological polar surface area (TPSA) is 66.6 Å². The van der Waals surface area contributed by atoms with E-state index in [1.54, 1.807) is 7.05 Å². The number of carboxylic acids is 1. The first-order chi connectivity index (χ1) is 5.04. The van der Waals surface area contributed by atoms with Crippen LogP contribution in [0.1, 0.15) is 0 Å². The van der Waals surface area contributed by atoms with Crippen molar-refractivity contribution in [3.63, 3.8) is 0 Å². The minimum atomic E-state index is -0.913. The van der Waals surface area contributed by atoms with Crippen molar-refractivity contribution in [2.75, 3.05) is 13.6 Å². The quantitative estimate of drug-likeness (QED) is 0.719. The third-order valence-corrected chi connectivity index (χ3v) is 0.863. The maximum absolute atomic E-state index is 9.98. The van der Waals surface area contributed by atoms with E-state index in [4.69, 9.17) is 10.8 Å². The second kappa shape index (κ2) is 8.37. The van der Waals surface area contributed by atoms with Gasteiger partial charge in [0, 0.05) is 44.3 Å². The lowest BCUT2D eigenvalue weighted by Gasteiger charge is -2.14. The summed E-state index contributed by atoms with van der Waals surface area (Å²) in [5, 5.41) is 8.19. The standard InChI is InChI=1S/C5H10N2O2.I2/c1-4(6)7(2)3-5(8)9;1-2/h1,3,6H2,2H3,(H,8,9);. The Hall–Kier alpha value is 0.270. The predicted octanol–water partition coefficient (Wildman–Crippen LogP) is 1.20. The second-order valence-corrected chi connectivity index (χ2v) is 1.74. The van der Waals surface area contributed by atoms with E-state index in [2.05, 4.69) is 43.8 Å². The van der Waals surface area contributed by atoms with Crippen LogP contribution >= 0.6 is 37.2 Å². The fraction of sp³-hybridized carbons (Fsp3) is 0.400. The van der Waals surface area contributed by atoms with E-state index in [9.17, 15) is 4.79 Å². The highest BCUT2D eigenvalue weighted by atomic mass is 128. The summed E-state index contributed by atoms with van der Waals surface area (Å²) in [4.78, 5) is 11.3. The summed E-state index contributed by atoms with van der Waals surface area (Å²) >= 11 is 4.24. The zero-order valence-electron chi connectivity index (χ0n) is 6.05. The smallest absolute Gasteiger partial charge is 0.323 e. The van der Waals surface area contributed by atoms with Crippen molar-refractivity contribution >= 4 is 43.2 Å². The predicted molar refractivity (Wildman–Crippen MR) is 61.6 cm³/mol. The van der Waals surface area contributed by atoms with Crippen LogP contribution in [0.2, 0.25) is 0 Å². The SMILES string of the molecule is C=C(N)N(C)CC(=O)O.II. The van der Waals surface area contributed by atoms with Crippen molar-refractivity contribution in [1.82, 2.24) is 4.90 Å². The van der Waals surface area contributed by atoms with Crippen molar-refractivity contribution in [3.8, 4) is 0 Å². The Balaban J connectivity index is 0. The van der Waals surface area contributed by atoms with Gasteiger partial charge in [0.2, 0.25) is 0 Å². The van der Waals surface area contributed by atoms with E-state index in [-0.39, 0.29) is 12.4 Å². The molecule has 0 spiro atoms. The Labute approximate surface area is 89.1 Å². The van der Waals surface area contributed by atoms with Crippen LogP contribution in [0.15, 0.2) is 12.4 Å². The third-order valence-electron chi connectivity index (χ3n) is 0.863. The molecular weight excluding hydrogens is 374 g/mol. The molecule has 0 saturated carbocycles. The van der Waals surface area contributed by atoms with Crippen LogP contribution in [-0.4, -0.2) is 29.6 Å². The van der Waals surface area contributed by atoms with Crippen LogP contribution in [0.4, 0.5) is 0 Å². The zero-order valence-corrected chi connectivity index (χ0v) is 10.4. The Bertz CT molecular complexity index is 140. The van der Waals surface area contributed by atoms with E-state index in [1.165, 1.54) is 4.90 Å². The molecular formula is C5H10I2N2O2. The summed E-state index contributed by atoms with van der Waals surface area (Å²) in [6, 6.07) is 0. The van der Waals surface area contributed by atoms with Gasteiger partial charge in [-0.05, 0) is 0 Å². The van der Waals surface area contributed by atoms with Gasteiger partial charge >= 0.3 is 5.97 Å². The normalized spacial score (nSPS) is 7.55. The lowest BCUT2D eigenvalue weighted by molar-refractivity contribution is -0.137. The molecule has 0 bridgehead atoms. The number of rotatable bonds is 3. The maximum Gasteiger partial charge on any atom is 0.323 e. The van der Waals surface area contributed by atoms with E-state index in [0.29, 0.717) is 0 Å². The van der Waals surface area contributed by atoms with Crippen molar-refractivity contribution in [2.24, 2.45) is 5.73 Å². The molecule has 0 radical (unpaired) electrons. The zero-order chi connectivity index (χ0) is 9.44. The van der Waals surface area contributed by atoms with Crippen molar-refractivity contribution in [2.45, 2.75) is 0 Å². The van der Waals surface area contributed by atoms with Gasteiger partial charge in [0.25, 0.3) is 0 Å². The van der Waals surface area contributed by atoms with Gasteiger partial charge in [-0.25, -0.2) is 0 Å². The molecule has 0 heterocycles. The highest BCUT2D eigenvalue weighted by molar-refractivity contribution is 15.0. The Morgan fingerprint density at radius 3 is 2.18 bits per heavy atom. The number of aliphatic carboxylic acids is 1. The lowest BCUT2D eigenvalue weighted by Crippen LogP contribution is -2.28. The average Bonchev–Trinajstić information content (AvgIpc) is 1.90. The van der Waals surface area contributed by atoms with E-state index < -0.39 is 5.97 Å². The summed E-state index contributed by atoms with van der Waals surface area (Å²) in [6.07, 6.45) is 0. The molecule has 0 unspecified atom stereocenters. The van der Waals surface area contributed by atoms with Crippen molar-refractivity contribution in [1.29, 1.82) is 0 Å². The Kier molecular flexibility index (Phi) is 10.5. The molecule has 0 saturated heterocycles. The summed E-state index contributed by atoms with van der Waals surface area (Å²) in [5.41, 5.74) is 5.15. The van der Waals surface area contributed by atoms with Gasteiger partial charge < -0.3 is 15.7 Å². The van der Waals surface area contributed by atoms with Crippen LogP contribution in [0.3, 0.4) is 0 Å². The molecule has 0 atom stereocenters. The maximum atomic E-state index is 9.98. The van der Waals surface area contributed by atoms with Crippen molar-refractivity contribution in [3.05, 3.63) is 12.4 Å². The van der Waals surface area contributed by atoms with E-state index in [1.807, 2.05) is 0 Å². The molecule has 66 valence electrons. The number of nitrogens with zero attached hydrogens (tertiary/aromatic N) is 1. The van der Waals surface area contributed by atoms with Gasteiger partial charge in [0.15, 0.2) is 0 Å². The number of carboxylic acid groups (broad SMARTS) is 1. The molecule has 0 aliphatic rings. The molecule has 0 aromatic rings. The van der Waals surface area contributed by atoms with Crippen LogP contribution in [-0.2, 0) is 4.79 Å². The summed E-state index contributed by atoms with van der Waals surface area (Å²) in [6.45, 7) is 3.25. The number of halogens is 2. The lowest BCUT2D eigenvalue weighted by atomic mass is 10.5. The minimum absolute atomic E-state index is 0.102. The largest absolute Gasteiger partial charge is 0.480 e. The molecule has 0 amide bonds. The second-order valence-electron chi connectivity index (χ2n) is 1.74. The Morgan fingerprint density at radius 1 is 1.73 bits per heavy atom. The molecule has 0 rings (SSSR count). The molecule has 0 aliphatic carbocycles. The number of nitrogens with two attached hydrogens (primary N) is 1. The Morgan fingerprint density at radius 2 is 2.09 bits per heavy atom. The molecule has 4 nitrogen and oxygen atoms in total. The molecule has 11 heavy (non-hydrogen) atoms. The summed E-state index contributed by atoms with van der Waals surface area (Å²) < 4.78 is 0. The van der Waals surface area contributed by atoms with Gasteiger partial charge in [-0.1, -0.05) is 6.58 Å². The molecule has 0 aromatic carbocycles. The fourth-order valence-electron chi connectivity index (χ4n) is 0.304. The molecule has 0 fully saturated rings. The van der Waals surface area contributed by atoms with E-state index >= 15 is 0 Å². The number of likely N-dealkylation sites (N-methyl/N-ethyl adjacent to an activating group) is 1. The van der Waals surface area contributed by atoms with Crippen molar-refractivity contribution < 1.29 is 9.90 Å². The van der Waals surface area contributed by atoms with Crippen LogP contribution < -0.4 is 5.73 Å². The van der Waals surface area contributed by atoms with Gasteiger partial charge in [-0.15, -0.1) is 0 Å². The number of carbonyl (C=O) groups is 1. The first kappa shape index (κ1) is 13.8. The van der Waals surface area contributed by atoms with Gasteiger partial charge in [0.1, 0.15) is 6.54 Å². The summed E-state index contributed by atoms with van der Waals surface area (Å²) in [5.74, 6) is -0.651. The van der Waals surface area contributed by atoms with E-state index in [0.717, 1.165) is 0 Å². The molecule has 3 N–H and O–H groups in total. The summed E-state index contributed by atoms with van der Waals surface area (Å²) in [7, 11) is 1.57. The number of hydrogen-bond donors (Lipinski definition) is 2. The average molecular weight is 384 g/mol. The number of hydrogen-bond acceptors (Lipinski definition) is 3. The first-order valence-electron chi connectivity index (χ1n) is 2.55. The van der Waals surface area contributed by atoms with Crippen LogP contribution in [0.5, 0.6) is 0 Å². The molecule has 0 aromatic heterocycles. The monoisotopic (exact) mass is 384 g/mol. The van der Waals surface area contributed by atoms with Crippen LogP contribution in [0.25, 0.3) is 0 Å². The first-order valence-corrected chi connectivity index (χ1v) is 8.84. The fourth-order valence-corrected chi connectivity index (χ4v) is 0.304. The highest BCUT2D eigenvalue weighted by Crippen LogP contribution is 1.89. The minimum Gasteiger partial charge on any atom is -0.480 e. The van der Waals surface area contributed by atoms with Gasteiger partial charge in [-0.3, -0.25) is 4.79 Å². The van der Waals surface area contributed by atoms with Gasteiger partial charge in [-0.2, -0.15) is 0 Å². The van der Waals surface area contributed by atoms with Crippen LogP contribution in [0, 0.1) is 0 Å². The van der Waals surface area contributed by atoms with Gasteiger partial charge in [0.05, 0.1) is 5.82 Å². The molecule has 6 heteroatoms. The third kappa shape index (κ3) is 10.3. The molecule has 0 aliphatic heterocycles. The highest BCUT2D eigenvalue weighted by Gasteiger charge is 2.01.